The van der Waals surface area contributed by atoms with E-state index in [-0.39, 0.29) is 53.6 Å². The van der Waals surface area contributed by atoms with Gasteiger partial charge in [0.1, 0.15) is 11.5 Å². The van der Waals surface area contributed by atoms with E-state index in [0.717, 1.165) is 5.56 Å². The second kappa shape index (κ2) is 9.24. The molecule has 0 unspecified atom stereocenters. The molecule has 6 nitrogen and oxygen atoms in total. The number of ether oxygens (including phenoxy) is 1. The van der Waals surface area contributed by atoms with Gasteiger partial charge in [0.25, 0.3) is 0 Å². The highest BCUT2D eigenvalue weighted by Crippen LogP contribution is 2.31. The zero-order valence-corrected chi connectivity index (χ0v) is 17.4. The summed E-state index contributed by atoms with van der Waals surface area (Å²) in [6.45, 7) is 1.23. The van der Waals surface area contributed by atoms with E-state index in [1.54, 1.807) is 11.0 Å². The molecule has 2 aromatic rings. The highest BCUT2D eigenvalue weighted by Gasteiger charge is 2.32. The Kier molecular flexibility index (Phi) is 6.95. The van der Waals surface area contributed by atoms with Crippen LogP contribution in [0.3, 0.4) is 0 Å². The monoisotopic (exact) mass is 442 g/mol. The summed E-state index contributed by atoms with van der Waals surface area (Å²) in [7, 11) is -3.83. The lowest BCUT2D eigenvalue weighted by atomic mass is 10.2. The second-order valence-electron chi connectivity index (χ2n) is 6.31. The number of carbonyl (C=O) groups is 1. The summed E-state index contributed by atoms with van der Waals surface area (Å²) in [5.74, 6) is -0.163. The van der Waals surface area contributed by atoms with Gasteiger partial charge < -0.3 is 9.64 Å². The molecule has 0 radical (unpaired) electrons. The quantitative estimate of drug-likeness (QED) is 0.689. The Balaban J connectivity index is 1.54. The molecule has 28 heavy (non-hydrogen) atoms. The molecule has 1 heterocycles. The van der Waals surface area contributed by atoms with Gasteiger partial charge in [0, 0.05) is 26.2 Å². The Labute approximate surface area is 174 Å². The second-order valence-corrected chi connectivity index (χ2v) is 9.00. The Hall–Kier alpha value is -1.64. The lowest BCUT2D eigenvalue weighted by Gasteiger charge is -2.34. The largest absolute Gasteiger partial charge is 0.367 e. The number of benzene rings is 2. The van der Waals surface area contributed by atoms with Crippen molar-refractivity contribution in [1.82, 2.24) is 9.21 Å². The van der Waals surface area contributed by atoms with Crippen molar-refractivity contribution in [2.75, 3.05) is 32.8 Å². The summed E-state index contributed by atoms with van der Waals surface area (Å²) in [5, 5.41) is 0.167. The number of halogens is 2. The molecule has 1 aliphatic rings. The molecule has 0 atom stereocenters. The Morgan fingerprint density at radius 1 is 0.929 bits per heavy atom. The van der Waals surface area contributed by atoms with Crippen LogP contribution < -0.4 is 0 Å². The van der Waals surface area contributed by atoms with E-state index in [2.05, 4.69) is 0 Å². The highest BCUT2D eigenvalue weighted by atomic mass is 35.5. The number of hydrogen-bond acceptors (Lipinski definition) is 4. The summed E-state index contributed by atoms with van der Waals surface area (Å²) in [6.07, 6.45) is 0. The minimum atomic E-state index is -3.83. The maximum Gasteiger partial charge on any atom is 0.248 e. The molecule has 0 aromatic heterocycles. The summed E-state index contributed by atoms with van der Waals surface area (Å²) < 4.78 is 32.5. The molecule has 1 saturated heterocycles. The molecular formula is C19H20Cl2N2O4S. The topological polar surface area (TPSA) is 66.9 Å². The van der Waals surface area contributed by atoms with Crippen molar-refractivity contribution in [1.29, 1.82) is 0 Å². The van der Waals surface area contributed by atoms with Crippen LogP contribution in [0, 0.1) is 0 Å². The van der Waals surface area contributed by atoms with E-state index >= 15 is 0 Å². The van der Waals surface area contributed by atoms with Gasteiger partial charge in [0.15, 0.2) is 0 Å². The van der Waals surface area contributed by atoms with Gasteiger partial charge in [-0.25, -0.2) is 8.42 Å². The van der Waals surface area contributed by atoms with Crippen molar-refractivity contribution in [3.8, 4) is 0 Å². The zero-order chi connectivity index (χ0) is 20.1. The van der Waals surface area contributed by atoms with Crippen molar-refractivity contribution in [3.63, 3.8) is 0 Å². The maximum atomic E-state index is 12.9. The molecule has 1 aliphatic heterocycles. The molecule has 0 aliphatic carbocycles. The van der Waals surface area contributed by atoms with Crippen molar-refractivity contribution in [2.24, 2.45) is 0 Å². The van der Waals surface area contributed by atoms with E-state index in [1.165, 1.54) is 16.4 Å². The van der Waals surface area contributed by atoms with Crippen molar-refractivity contribution in [2.45, 2.75) is 11.5 Å². The van der Waals surface area contributed by atoms with Crippen LogP contribution in [0.4, 0.5) is 0 Å². The van der Waals surface area contributed by atoms with E-state index in [4.69, 9.17) is 27.9 Å². The third-order valence-corrected chi connectivity index (χ3v) is 7.30. The minimum absolute atomic E-state index is 0.0437. The van der Waals surface area contributed by atoms with E-state index in [1.807, 2.05) is 30.3 Å². The van der Waals surface area contributed by atoms with Gasteiger partial charge in [-0.2, -0.15) is 4.31 Å². The van der Waals surface area contributed by atoms with Crippen molar-refractivity contribution >= 4 is 39.1 Å². The molecule has 0 spiro atoms. The minimum Gasteiger partial charge on any atom is -0.367 e. The molecule has 150 valence electrons. The summed E-state index contributed by atoms with van der Waals surface area (Å²) in [5.41, 5.74) is 0.989. The van der Waals surface area contributed by atoms with Gasteiger partial charge in [-0.05, 0) is 17.7 Å². The fourth-order valence-electron chi connectivity index (χ4n) is 2.96. The van der Waals surface area contributed by atoms with Crippen LogP contribution in [0.25, 0.3) is 0 Å². The number of rotatable bonds is 6. The molecule has 0 N–H and O–H groups in total. The lowest BCUT2D eigenvalue weighted by molar-refractivity contribution is -0.137. The van der Waals surface area contributed by atoms with Crippen LogP contribution in [0.2, 0.25) is 10.0 Å². The third kappa shape index (κ3) is 4.85. The first-order valence-corrected chi connectivity index (χ1v) is 10.9. The van der Waals surface area contributed by atoms with Gasteiger partial charge in [-0.1, -0.05) is 59.6 Å². The molecular weight excluding hydrogens is 423 g/mol. The molecule has 0 saturated carbocycles. The van der Waals surface area contributed by atoms with Crippen LogP contribution in [-0.2, 0) is 26.2 Å². The van der Waals surface area contributed by atoms with Crippen LogP contribution in [0.5, 0.6) is 0 Å². The van der Waals surface area contributed by atoms with Crippen LogP contribution in [-0.4, -0.2) is 56.3 Å². The van der Waals surface area contributed by atoms with E-state index in [9.17, 15) is 13.2 Å². The highest BCUT2D eigenvalue weighted by molar-refractivity contribution is 7.89. The molecule has 3 rings (SSSR count). The standard InChI is InChI=1S/C19H20Cl2N2O4S/c20-16-7-4-8-17(21)19(16)28(25,26)23-11-9-22(10-12-23)18(24)14-27-13-15-5-2-1-3-6-15/h1-8H,9-14H2. The average Bonchev–Trinajstić information content (AvgIpc) is 2.68. The smallest absolute Gasteiger partial charge is 0.248 e. The summed E-state index contributed by atoms with van der Waals surface area (Å²) in [4.78, 5) is 13.8. The first-order valence-electron chi connectivity index (χ1n) is 8.73. The van der Waals surface area contributed by atoms with Gasteiger partial charge in [-0.3, -0.25) is 4.79 Å². The predicted octanol–water partition coefficient (Wildman–Crippen LogP) is 3.04. The number of piperazine rings is 1. The number of amides is 1. The van der Waals surface area contributed by atoms with Crippen molar-refractivity contribution in [3.05, 3.63) is 64.1 Å². The predicted molar refractivity (Wildman–Crippen MR) is 108 cm³/mol. The fourth-order valence-corrected chi connectivity index (χ4v) is 5.47. The average molecular weight is 443 g/mol. The van der Waals surface area contributed by atoms with Crippen LogP contribution >= 0.6 is 23.2 Å². The molecule has 0 bridgehead atoms. The molecule has 2 aromatic carbocycles. The number of nitrogens with zero attached hydrogens (tertiary/aromatic N) is 2. The first-order chi connectivity index (χ1) is 13.4. The van der Waals surface area contributed by atoms with E-state index < -0.39 is 10.0 Å². The molecule has 1 fully saturated rings. The SMILES string of the molecule is O=C(COCc1ccccc1)N1CCN(S(=O)(=O)c2c(Cl)cccc2Cl)CC1. The number of hydrogen-bond donors (Lipinski definition) is 0. The maximum absolute atomic E-state index is 12.9. The fraction of sp³-hybridized carbons (Fsp3) is 0.316. The normalized spacial score (nSPS) is 15.6. The van der Waals surface area contributed by atoms with Gasteiger partial charge in [-0.15, -0.1) is 0 Å². The van der Waals surface area contributed by atoms with Gasteiger partial charge in [0.2, 0.25) is 15.9 Å². The Bertz CT molecular complexity index is 910. The number of carbonyl (C=O) groups excluding carboxylic acids is 1. The van der Waals surface area contributed by atoms with Gasteiger partial charge >= 0.3 is 0 Å². The van der Waals surface area contributed by atoms with Crippen LogP contribution in [0.1, 0.15) is 5.56 Å². The molecule has 9 heteroatoms. The lowest BCUT2D eigenvalue weighted by Crippen LogP contribution is -2.51. The first kappa shape index (κ1) is 21.1. The van der Waals surface area contributed by atoms with Gasteiger partial charge in [0.05, 0.1) is 16.7 Å². The number of sulfonamides is 1. The zero-order valence-electron chi connectivity index (χ0n) is 15.1. The molecule has 1 amide bonds. The Morgan fingerprint density at radius 2 is 1.54 bits per heavy atom. The van der Waals surface area contributed by atoms with E-state index in [0.29, 0.717) is 6.61 Å². The summed E-state index contributed by atoms with van der Waals surface area (Å²) in [6, 6.07) is 14.2. The Morgan fingerprint density at radius 3 is 2.14 bits per heavy atom. The van der Waals surface area contributed by atoms with Crippen LogP contribution in [0.15, 0.2) is 53.4 Å². The third-order valence-electron chi connectivity index (χ3n) is 4.45. The van der Waals surface area contributed by atoms with Crippen molar-refractivity contribution < 1.29 is 17.9 Å². The summed E-state index contributed by atoms with van der Waals surface area (Å²) >= 11 is 12.1.